The highest BCUT2D eigenvalue weighted by Gasteiger charge is 2.22. The van der Waals surface area contributed by atoms with Crippen molar-refractivity contribution in [3.8, 4) is 34.8 Å². The molecule has 2 aromatic rings. The minimum Gasteiger partial charge on any atom is -0.490 e. The first-order valence-electron chi connectivity index (χ1n) is 7.43. The highest BCUT2D eigenvalue weighted by atomic mass is 35.5. The van der Waals surface area contributed by atoms with Crippen LogP contribution >= 0.6 is 11.6 Å². The molecule has 0 amide bonds. The van der Waals surface area contributed by atoms with E-state index in [1.165, 1.54) is 12.1 Å². The van der Waals surface area contributed by atoms with Crippen LogP contribution in [-0.4, -0.2) is 18.2 Å². The zero-order valence-electron chi connectivity index (χ0n) is 13.6. The quantitative estimate of drug-likeness (QED) is 0.846. The van der Waals surface area contributed by atoms with Crippen LogP contribution in [0.2, 0.25) is 5.02 Å². The molecule has 25 heavy (non-hydrogen) atoms. The number of nitriles is 2. The number of halogens is 1. The third-order valence-corrected chi connectivity index (χ3v) is 3.68. The van der Waals surface area contributed by atoms with Crippen molar-refractivity contribution in [3.05, 3.63) is 38.6 Å². The van der Waals surface area contributed by atoms with E-state index >= 15 is 0 Å². The molecule has 1 aromatic heterocycles. The van der Waals surface area contributed by atoms with Crippen LogP contribution in [0.15, 0.2) is 16.9 Å². The Morgan fingerprint density at radius 3 is 2.20 bits per heavy atom. The molecular formula is C17H15ClN4O3. The predicted molar refractivity (Wildman–Crippen MR) is 93.7 cm³/mol. The number of ether oxygens (including phenoxy) is 2. The first-order chi connectivity index (χ1) is 12.0. The van der Waals surface area contributed by atoms with Crippen LogP contribution in [0, 0.1) is 22.7 Å². The molecule has 0 saturated heterocycles. The summed E-state index contributed by atoms with van der Waals surface area (Å²) in [6.07, 6.45) is 0. The third kappa shape index (κ3) is 3.37. The first-order valence-corrected chi connectivity index (χ1v) is 7.81. The van der Waals surface area contributed by atoms with Crippen molar-refractivity contribution in [1.82, 2.24) is 4.98 Å². The number of aromatic nitrogens is 1. The number of anilines is 1. The van der Waals surface area contributed by atoms with Crippen LogP contribution in [0.4, 0.5) is 5.82 Å². The van der Waals surface area contributed by atoms with E-state index in [1.54, 1.807) is 13.0 Å². The average molecular weight is 359 g/mol. The smallest absolute Gasteiger partial charge is 0.268 e. The van der Waals surface area contributed by atoms with E-state index in [0.29, 0.717) is 30.3 Å². The van der Waals surface area contributed by atoms with Crippen molar-refractivity contribution in [2.45, 2.75) is 13.8 Å². The number of rotatable bonds is 5. The molecule has 0 saturated carbocycles. The van der Waals surface area contributed by atoms with Crippen LogP contribution in [0.5, 0.6) is 11.5 Å². The monoisotopic (exact) mass is 358 g/mol. The SMILES string of the molecule is CCOc1cc(Cl)c(-c2c(C#N)c(N)[nH]c(=O)c2C#N)cc1OCC. The van der Waals surface area contributed by atoms with Crippen LogP contribution in [0.1, 0.15) is 25.0 Å². The number of hydrogen-bond acceptors (Lipinski definition) is 6. The largest absolute Gasteiger partial charge is 0.490 e. The van der Waals surface area contributed by atoms with Crippen LogP contribution < -0.4 is 20.8 Å². The van der Waals surface area contributed by atoms with Gasteiger partial charge in [-0.2, -0.15) is 10.5 Å². The van der Waals surface area contributed by atoms with Crippen molar-refractivity contribution in [2.24, 2.45) is 0 Å². The second-order valence-corrected chi connectivity index (χ2v) is 5.27. The molecule has 7 nitrogen and oxygen atoms in total. The lowest BCUT2D eigenvalue weighted by molar-refractivity contribution is 0.288. The fraction of sp³-hybridized carbons (Fsp3) is 0.235. The van der Waals surface area contributed by atoms with Gasteiger partial charge in [0.05, 0.1) is 18.2 Å². The van der Waals surface area contributed by atoms with E-state index in [1.807, 2.05) is 13.0 Å². The van der Waals surface area contributed by atoms with Gasteiger partial charge in [-0.3, -0.25) is 4.79 Å². The van der Waals surface area contributed by atoms with Gasteiger partial charge in [-0.15, -0.1) is 0 Å². The molecule has 0 fully saturated rings. The van der Waals surface area contributed by atoms with E-state index in [4.69, 9.17) is 26.8 Å². The van der Waals surface area contributed by atoms with Crippen LogP contribution in [0.3, 0.4) is 0 Å². The average Bonchev–Trinajstić information content (AvgIpc) is 2.57. The van der Waals surface area contributed by atoms with Gasteiger partial charge >= 0.3 is 0 Å². The lowest BCUT2D eigenvalue weighted by atomic mass is 9.96. The predicted octanol–water partition coefficient (Wildman–Crippen LogP) is 2.82. The highest BCUT2D eigenvalue weighted by Crippen LogP contribution is 2.41. The summed E-state index contributed by atoms with van der Waals surface area (Å²) in [5.74, 6) is 0.674. The molecule has 0 aliphatic rings. The van der Waals surface area contributed by atoms with Crippen molar-refractivity contribution >= 4 is 17.4 Å². The van der Waals surface area contributed by atoms with Crippen LogP contribution in [-0.2, 0) is 0 Å². The van der Waals surface area contributed by atoms with Crippen LogP contribution in [0.25, 0.3) is 11.1 Å². The number of nitrogens with one attached hydrogen (secondary N) is 1. The maximum absolute atomic E-state index is 12.1. The number of nitrogen functional groups attached to an aromatic ring is 1. The van der Waals surface area contributed by atoms with Crippen molar-refractivity contribution < 1.29 is 9.47 Å². The molecule has 1 aromatic carbocycles. The van der Waals surface area contributed by atoms with Gasteiger partial charge in [-0.1, -0.05) is 11.6 Å². The Labute approximate surface area is 149 Å². The third-order valence-electron chi connectivity index (χ3n) is 3.37. The lowest BCUT2D eigenvalue weighted by Gasteiger charge is -2.16. The second kappa shape index (κ2) is 7.61. The number of nitrogens with zero attached hydrogens (tertiary/aromatic N) is 2. The summed E-state index contributed by atoms with van der Waals surface area (Å²) in [7, 11) is 0. The van der Waals surface area contributed by atoms with E-state index in [2.05, 4.69) is 4.98 Å². The van der Waals surface area contributed by atoms with Gasteiger partial charge < -0.3 is 20.2 Å². The highest BCUT2D eigenvalue weighted by molar-refractivity contribution is 6.33. The summed E-state index contributed by atoms with van der Waals surface area (Å²) in [4.78, 5) is 14.3. The molecule has 0 aliphatic carbocycles. The summed E-state index contributed by atoms with van der Waals surface area (Å²) >= 11 is 6.33. The summed E-state index contributed by atoms with van der Waals surface area (Å²) in [5.41, 5.74) is 5.11. The van der Waals surface area contributed by atoms with E-state index in [-0.39, 0.29) is 27.5 Å². The maximum atomic E-state index is 12.1. The Balaban J connectivity index is 2.88. The molecule has 0 unspecified atom stereocenters. The number of pyridine rings is 1. The maximum Gasteiger partial charge on any atom is 0.268 e. The molecule has 0 radical (unpaired) electrons. The Bertz CT molecular complexity index is 954. The van der Waals surface area contributed by atoms with Gasteiger partial charge in [0, 0.05) is 17.2 Å². The number of hydrogen-bond donors (Lipinski definition) is 2. The summed E-state index contributed by atoms with van der Waals surface area (Å²) in [6, 6.07) is 6.76. The van der Waals surface area contributed by atoms with Gasteiger partial charge in [-0.25, -0.2) is 0 Å². The molecular weight excluding hydrogens is 344 g/mol. The lowest BCUT2D eigenvalue weighted by Crippen LogP contribution is -2.16. The molecule has 0 atom stereocenters. The zero-order chi connectivity index (χ0) is 18.6. The molecule has 3 N–H and O–H groups in total. The Kier molecular flexibility index (Phi) is 5.53. The molecule has 128 valence electrons. The topological polar surface area (TPSA) is 125 Å². The molecule has 0 bridgehead atoms. The van der Waals surface area contributed by atoms with E-state index in [9.17, 15) is 15.3 Å². The summed E-state index contributed by atoms with van der Waals surface area (Å²) in [5, 5.41) is 19.0. The summed E-state index contributed by atoms with van der Waals surface area (Å²) < 4.78 is 11.0. The van der Waals surface area contributed by atoms with Gasteiger partial charge in [0.2, 0.25) is 0 Å². The standard InChI is InChI=1S/C17H15ClN4O3/c1-3-24-13-5-9(12(18)6-14(13)25-4-2)15-10(7-19)16(21)22-17(23)11(15)8-20/h5-6H,3-4H2,1-2H3,(H3,21,22,23). The Hall–Kier alpha value is -3.16. The first kappa shape index (κ1) is 18.2. The van der Waals surface area contributed by atoms with E-state index < -0.39 is 5.56 Å². The van der Waals surface area contributed by atoms with Crippen molar-refractivity contribution in [1.29, 1.82) is 10.5 Å². The number of aromatic amines is 1. The number of benzene rings is 1. The van der Waals surface area contributed by atoms with Gasteiger partial charge in [0.15, 0.2) is 11.5 Å². The normalized spacial score (nSPS) is 9.96. The number of nitrogens with two attached hydrogens (primary N) is 1. The van der Waals surface area contributed by atoms with Gasteiger partial charge in [-0.05, 0) is 19.9 Å². The second-order valence-electron chi connectivity index (χ2n) is 4.86. The molecule has 0 spiro atoms. The molecule has 8 heteroatoms. The van der Waals surface area contributed by atoms with Gasteiger partial charge in [0.25, 0.3) is 5.56 Å². The Morgan fingerprint density at radius 2 is 1.68 bits per heavy atom. The fourth-order valence-corrected chi connectivity index (χ4v) is 2.62. The fourth-order valence-electron chi connectivity index (χ4n) is 2.38. The molecule has 2 rings (SSSR count). The van der Waals surface area contributed by atoms with Crippen molar-refractivity contribution in [2.75, 3.05) is 18.9 Å². The number of H-pyrrole nitrogens is 1. The van der Waals surface area contributed by atoms with Gasteiger partial charge in [0.1, 0.15) is 29.1 Å². The molecule has 0 aliphatic heterocycles. The Morgan fingerprint density at radius 1 is 1.12 bits per heavy atom. The minimum atomic E-state index is -0.697. The zero-order valence-corrected chi connectivity index (χ0v) is 14.4. The summed E-state index contributed by atoms with van der Waals surface area (Å²) in [6.45, 7) is 4.39. The molecule has 1 heterocycles. The van der Waals surface area contributed by atoms with Crippen molar-refractivity contribution in [3.63, 3.8) is 0 Å². The van der Waals surface area contributed by atoms with E-state index in [0.717, 1.165) is 0 Å². The minimum absolute atomic E-state index is 0.0374.